The van der Waals surface area contributed by atoms with Gasteiger partial charge in [-0.25, -0.2) is 0 Å². The Morgan fingerprint density at radius 3 is 2.93 bits per heavy atom. The summed E-state index contributed by atoms with van der Waals surface area (Å²) >= 11 is 0. The Morgan fingerprint density at radius 2 is 2.07 bits per heavy atom. The first kappa shape index (κ1) is 16.5. The maximum absolute atomic E-state index is 13.4. The molecule has 4 nitrogen and oxygen atoms in total. The van der Waals surface area contributed by atoms with Crippen molar-refractivity contribution in [2.75, 3.05) is 13.7 Å². The molecule has 5 rings (SSSR count). The van der Waals surface area contributed by atoms with Crippen molar-refractivity contribution in [3.63, 3.8) is 0 Å². The predicted molar refractivity (Wildman–Crippen MR) is 107 cm³/mol. The van der Waals surface area contributed by atoms with Crippen LogP contribution in [0.25, 0.3) is 0 Å². The number of nitrogens with zero attached hydrogens (tertiary/aromatic N) is 2. The van der Waals surface area contributed by atoms with Crippen LogP contribution in [-0.4, -0.2) is 36.7 Å². The molecule has 1 saturated heterocycles. The highest BCUT2D eigenvalue weighted by molar-refractivity contribution is 5.96. The van der Waals surface area contributed by atoms with Crippen LogP contribution in [0.4, 0.5) is 5.69 Å². The third kappa shape index (κ3) is 2.50. The molecule has 0 N–H and O–H groups in total. The number of benzene rings is 2. The summed E-state index contributed by atoms with van der Waals surface area (Å²) in [5.41, 5.74) is 6.95. The number of hydrogen-bond acceptors (Lipinski definition) is 3. The molecular weight excluding hydrogens is 336 g/mol. The summed E-state index contributed by atoms with van der Waals surface area (Å²) in [6.45, 7) is 2.99. The SMILES string of the molecule is COc1ccc2c(c1C)[C@H]1CCCN(C(=O)c3ccc4c(c3)N=CC4)[C@H]1C2. The Kier molecular flexibility index (Phi) is 3.81. The van der Waals surface area contributed by atoms with Crippen LogP contribution in [-0.2, 0) is 12.8 Å². The topological polar surface area (TPSA) is 41.9 Å². The second-order valence-electron chi connectivity index (χ2n) is 7.84. The molecule has 2 heterocycles. The smallest absolute Gasteiger partial charge is 0.254 e. The lowest BCUT2D eigenvalue weighted by molar-refractivity contribution is 0.0595. The molecule has 2 aromatic carbocycles. The van der Waals surface area contributed by atoms with Crippen LogP contribution in [0.2, 0.25) is 0 Å². The lowest BCUT2D eigenvalue weighted by Crippen LogP contribution is -2.46. The summed E-state index contributed by atoms with van der Waals surface area (Å²) < 4.78 is 5.54. The first-order chi connectivity index (χ1) is 13.2. The fourth-order valence-corrected chi connectivity index (χ4v) is 5.20. The number of piperidine rings is 1. The summed E-state index contributed by atoms with van der Waals surface area (Å²) in [4.78, 5) is 19.9. The zero-order valence-electron chi connectivity index (χ0n) is 15.9. The Labute approximate surface area is 159 Å². The van der Waals surface area contributed by atoms with Gasteiger partial charge in [-0.05, 0) is 66.6 Å². The third-order valence-electron chi connectivity index (χ3n) is 6.49. The van der Waals surface area contributed by atoms with E-state index in [-0.39, 0.29) is 11.9 Å². The van der Waals surface area contributed by atoms with Crippen molar-refractivity contribution in [1.29, 1.82) is 0 Å². The van der Waals surface area contributed by atoms with E-state index >= 15 is 0 Å². The molecule has 0 radical (unpaired) electrons. The van der Waals surface area contributed by atoms with Gasteiger partial charge in [-0.15, -0.1) is 0 Å². The largest absolute Gasteiger partial charge is 0.496 e. The van der Waals surface area contributed by atoms with Crippen molar-refractivity contribution in [2.24, 2.45) is 4.99 Å². The number of carbonyl (C=O) groups is 1. The van der Waals surface area contributed by atoms with Gasteiger partial charge in [-0.1, -0.05) is 12.1 Å². The van der Waals surface area contributed by atoms with Crippen LogP contribution in [0.5, 0.6) is 5.75 Å². The molecule has 2 aromatic rings. The highest BCUT2D eigenvalue weighted by atomic mass is 16.5. The minimum atomic E-state index is 0.145. The van der Waals surface area contributed by atoms with Gasteiger partial charge < -0.3 is 9.64 Å². The van der Waals surface area contributed by atoms with E-state index in [1.165, 1.54) is 22.3 Å². The van der Waals surface area contributed by atoms with E-state index in [1.807, 2.05) is 18.3 Å². The summed E-state index contributed by atoms with van der Waals surface area (Å²) in [6, 6.07) is 10.5. The number of ether oxygens (including phenoxy) is 1. The summed E-state index contributed by atoms with van der Waals surface area (Å²) in [5, 5.41) is 0. The number of rotatable bonds is 2. The quantitative estimate of drug-likeness (QED) is 0.805. The maximum atomic E-state index is 13.4. The molecule has 1 fully saturated rings. The van der Waals surface area contributed by atoms with Crippen molar-refractivity contribution in [1.82, 2.24) is 4.90 Å². The van der Waals surface area contributed by atoms with E-state index in [9.17, 15) is 4.79 Å². The summed E-state index contributed by atoms with van der Waals surface area (Å²) in [6.07, 6.45) is 5.92. The third-order valence-corrected chi connectivity index (χ3v) is 6.49. The molecule has 138 valence electrons. The standard InChI is InChI=1S/C23H24N2O2/c1-14-21(27-2)8-7-16-13-20-18(22(14)16)4-3-11-25(20)23(26)17-6-5-15-9-10-24-19(15)12-17/h5-8,10,12,18,20H,3-4,9,11,13H2,1-2H3/t18-,20-/m0/s1. The highest BCUT2D eigenvalue weighted by Gasteiger charge is 2.42. The van der Waals surface area contributed by atoms with Crippen LogP contribution in [0.1, 0.15) is 51.4 Å². The predicted octanol–water partition coefficient (Wildman–Crippen LogP) is 4.21. The summed E-state index contributed by atoms with van der Waals surface area (Å²) in [5.74, 6) is 1.52. The molecule has 2 aliphatic heterocycles. The lowest BCUT2D eigenvalue weighted by Gasteiger charge is -2.38. The van der Waals surface area contributed by atoms with Crippen molar-refractivity contribution >= 4 is 17.8 Å². The van der Waals surface area contributed by atoms with Crippen LogP contribution < -0.4 is 4.74 Å². The van der Waals surface area contributed by atoms with Crippen LogP contribution in [0.3, 0.4) is 0 Å². The number of amides is 1. The van der Waals surface area contributed by atoms with Gasteiger partial charge in [0.1, 0.15) is 5.75 Å². The van der Waals surface area contributed by atoms with Crippen molar-refractivity contribution in [2.45, 2.75) is 44.6 Å². The molecule has 0 bridgehead atoms. The average Bonchev–Trinajstić information content (AvgIpc) is 3.31. The van der Waals surface area contributed by atoms with E-state index in [1.54, 1.807) is 7.11 Å². The highest BCUT2D eigenvalue weighted by Crippen LogP contribution is 2.46. The number of carbonyl (C=O) groups excluding carboxylic acids is 1. The second-order valence-corrected chi connectivity index (χ2v) is 7.84. The number of methoxy groups -OCH3 is 1. The average molecular weight is 360 g/mol. The van der Waals surface area contributed by atoms with Gasteiger partial charge in [-0.3, -0.25) is 9.79 Å². The molecule has 1 aliphatic carbocycles. The summed E-state index contributed by atoms with van der Waals surface area (Å²) in [7, 11) is 1.73. The monoisotopic (exact) mass is 360 g/mol. The van der Waals surface area contributed by atoms with Gasteiger partial charge in [0.25, 0.3) is 5.91 Å². The van der Waals surface area contributed by atoms with Gasteiger partial charge in [0.05, 0.1) is 12.8 Å². The number of likely N-dealkylation sites (tertiary alicyclic amines) is 1. The molecule has 0 aromatic heterocycles. The van der Waals surface area contributed by atoms with E-state index in [2.05, 4.69) is 35.0 Å². The number of aliphatic imine (C=N–C) groups is 1. The van der Waals surface area contributed by atoms with Crippen LogP contribution in [0.15, 0.2) is 35.3 Å². The minimum Gasteiger partial charge on any atom is -0.496 e. The molecule has 0 saturated carbocycles. The van der Waals surface area contributed by atoms with E-state index in [0.29, 0.717) is 5.92 Å². The normalized spacial score (nSPS) is 22.4. The molecule has 27 heavy (non-hydrogen) atoms. The molecule has 1 amide bonds. The minimum absolute atomic E-state index is 0.145. The van der Waals surface area contributed by atoms with Crippen molar-refractivity contribution in [3.8, 4) is 5.75 Å². The van der Waals surface area contributed by atoms with Crippen LogP contribution in [0, 0.1) is 6.92 Å². The Morgan fingerprint density at radius 1 is 1.22 bits per heavy atom. The first-order valence-corrected chi connectivity index (χ1v) is 9.80. The van der Waals surface area contributed by atoms with E-state index in [0.717, 1.165) is 49.2 Å². The molecule has 2 atom stereocenters. The van der Waals surface area contributed by atoms with Gasteiger partial charge in [-0.2, -0.15) is 0 Å². The first-order valence-electron chi connectivity index (χ1n) is 9.80. The van der Waals surface area contributed by atoms with Crippen LogP contribution >= 0.6 is 0 Å². The zero-order valence-corrected chi connectivity index (χ0v) is 15.9. The second kappa shape index (κ2) is 6.22. The molecule has 3 aliphatic rings. The fourth-order valence-electron chi connectivity index (χ4n) is 5.20. The molecule has 0 spiro atoms. The number of hydrogen-bond donors (Lipinski definition) is 0. The Bertz CT molecular complexity index is 963. The molecule has 0 unspecified atom stereocenters. The lowest BCUT2D eigenvalue weighted by atomic mass is 9.86. The van der Waals surface area contributed by atoms with E-state index < -0.39 is 0 Å². The van der Waals surface area contributed by atoms with Gasteiger partial charge in [0.15, 0.2) is 0 Å². The molecular formula is C23H24N2O2. The van der Waals surface area contributed by atoms with Gasteiger partial charge in [0.2, 0.25) is 0 Å². The van der Waals surface area contributed by atoms with Gasteiger partial charge in [0, 0.05) is 36.7 Å². The van der Waals surface area contributed by atoms with Gasteiger partial charge >= 0.3 is 0 Å². The fraction of sp³-hybridized carbons (Fsp3) is 0.391. The van der Waals surface area contributed by atoms with Crippen molar-refractivity contribution < 1.29 is 9.53 Å². The van der Waals surface area contributed by atoms with E-state index in [4.69, 9.17) is 4.74 Å². The Balaban J connectivity index is 1.48. The molecule has 4 heteroatoms. The Hall–Kier alpha value is -2.62. The number of fused-ring (bicyclic) bond motifs is 4. The zero-order chi connectivity index (χ0) is 18.5. The maximum Gasteiger partial charge on any atom is 0.254 e. The van der Waals surface area contributed by atoms with Crippen molar-refractivity contribution in [3.05, 3.63) is 58.1 Å².